The van der Waals surface area contributed by atoms with E-state index >= 15 is 0 Å². The van der Waals surface area contributed by atoms with Crippen LogP contribution in [0.5, 0.6) is 0 Å². The molecule has 0 radical (unpaired) electrons. The number of hydrogen-bond acceptors (Lipinski definition) is 2. The van der Waals surface area contributed by atoms with Crippen LogP contribution in [-0.4, -0.2) is 24.9 Å². The van der Waals surface area contributed by atoms with Gasteiger partial charge in [-0.3, -0.25) is 9.59 Å². The Bertz CT molecular complexity index is 583. The van der Waals surface area contributed by atoms with E-state index in [0.29, 0.717) is 25.9 Å². The largest absolute Gasteiger partial charge is 0.351 e. The number of hydrogen-bond donors (Lipinski definition) is 2. The molecule has 4 nitrogen and oxygen atoms in total. The predicted molar refractivity (Wildman–Crippen MR) is 172 cm³/mol. The Balaban J connectivity index is 0. The number of allylic oxidation sites excluding steroid dienone is 2. The lowest BCUT2D eigenvalue weighted by Crippen LogP contribution is -2.24. The molecule has 0 unspecified atom stereocenters. The molecule has 0 aliphatic carbocycles. The first-order valence-corrected chi connectivity index (χ1v) is 16.5. The second-order valence-corrected chi connectivity index (χ2v) is 11.5. The third-order valence-electron chi connectivity index (χ3n) is 5.27. The average Bonchev–Trinajstić information content (AvgIpc) is 2.89. The van der Waals surface area contributed by atoms with E-state index < -0.39 is 0 Å². The number of carbonyl (C=O) groups is 2. The SMILES string of the molecule is C=CCCCCCCCCC(=O)NC/C(Br)=C/Br.C=CCCCCCCCCC(=O)NC/C(Br)=C/Br. The molecule has 0 aromatic rings. The van der Waals surface area contributed by atoms with Gasteiger partial charge in [-0.2, -0.15) is 0 Å². The lowest BCUT2D eigenvalue weighted by Gasteiger charge is -2.04. The normalized spacial score (nSPS) is 11.3. The fraction of sp³-hybridized carbons (Fsp3) is 0.643. The summed E-state index contributed by atoms with van der Waals surface area (Å²) in [7, 11) is 0. The second-order valence-electron chi connectivity index (χ2n) is 8.56. The molecule has 0 aromatic heterocycles. The first-order chi connectivity index (χ1) is 17.4. The van der Waals surface area contributed by atoms with Gasteiger partial charge in [0.2, 0.25) is 11.8 Å². The highest BCUT2D eigenvalue weighted by molar-refractivity contribution is 9.14. The minimum atomic E-state index is 0.132. The highest BCUT2D eigenvalue weighted by atomic mass is 79.9. The fourth-order valence-electron chi connectivity index (χ4n) is 3.18. The van der Waals surface area contributed by atoms with Gasteiger partial charge < -0.3 is 10.6 Å². The lowest BCUT2D eigenvalue weighted by molar-refractivity contribution is -0.121. The summed E-state index contributed by atoms with van der Waals surface area (Å²) in [5.74, 6) is 0.265. The molecule has 208 valence electrons. The van der Waals surface area contributed by atoms with Crippen LogP contribution in [0.15, 0.2) is 44.2 Å². The average molecular weight is 762 g/mol. The Hall–Kier alpha value is -0.180. The summed E-state index contributed by atoms with van der Waals surface area (Å²) in [4.78, 5) is 26.4. The highest BCUT2D eigenvalue weighted by Gasteiger charge is 2.02. The molecule has 0 saturated carbocycles. The molecule has 2 amide bonds. The Kier molecular flexibility index (Phi) is 32.7. The molecule has 0 aliphatic rings. The predicted octanol–water partition coefficient (Wildman–Crippen LogP) is 10.1. The maximum Gasteiger partial charge on any atom is 0.220 e. The zero-order valence-corrected chi connectivity index (χ0v) is 28.1. The number of halogens is 4. The summed E-state index contributed by atoms with van der Waals surface area (Å²) in [5.41, 5.74) is 0. The molecule has 8 heteroatoms. The number of amides is 2. The maximum atomic E-state index is 11.5. The number of rotatable bonds is 22. The van der Waals surface area contributed by atoms with Gasteiger partial charge >= 0.3 is 0 Å². The molecule has 0 aliphatic heterocycles. The molecule has 0 aromatic carbocycles. The zero-order chi connectivity index (χ0) is 27.3. The van der Waals surface area contributed by atoms with Crippen LogP contribution >= 0.6 is 63.7 Å². The summed E-state index contributed by atoms with van der Waals surface area (Å²) in [6.07, 6.45) is 21.8. The van der Waals surface area contributed by atoms with E-state index in [0.717, 1.165) is 47.5 Å². The van der Waals surface area contributed by atoms with Crippen molar-refractivity contribution >= 4 is 75.5 Å². The van der Waals surface area contributed by atoms with Crippen molar-refractivity contribution in [3.05, 3.63) is 44.2 Å². The van der Waals surface area contributed by atoms with Crippen molar-refractivity contribution < 1.29 is 9.59 Å². The molecular formula is C28H46Br4N2O2. The Labute approximate surface area is 254 Å². The molecule has 0 saturated heterocycles. The molecule has 2 N–H and O–H groups in total. The van der Waals surface area contributed by atoms with Crippen LogP contribution in [0.1, 0.15) is 103 Å². The van der Waals surface area contributed by atoms with Crippen molar-refractivity contribution in [1.82, 2.24) is 10.6 Å². The van der Waals surface area contributed by atoms with Crippen molar-refractivity contribution in [2.75, 3.05) is 13.1 Å². The van der Waals surface area contributed by atoms with E-state index in [2.05, 4.69) is 87.5 Å². The smallest absolute Gasteiger partial charge is 0.220 e. The molecule has 0 atom stereocenters. The molecule has 0 spiro atoms. The second kappa shape index (κ2) is 31.0. The molecular weight excluding hydrogens is 716 g/mol. The van der Waals surface area contributed by atoms with Gasteiger partial charge in [0.1, 0.15) is 0 Å². The topological polar surface area (TPSA) is 58.2 Å². The molecule has 0 fully saturated rings. The Morgan fingerprint density at radius 3 is 1.17 bits per heavy atom. The first-order valence-electron chi connectivity index (χ1n) is 13.1. The maximum absolute atomic E-state index is 11.5. The van der Waals surface area contributed by atoms with Gasteiger partial charge in [0.15, 0.2) is 0 Å². The monoisotopic (exact) mass is 758 g/mol. The molecule has 0 bridgehead atoms. The Morgan fingerprint density at radius 1 is 0.556 bits per heavy atom. The van der Waals surface area contributed by atoms with Crippen LogP contribution in [0, 0.1) is 0 Å². The fourth-order valence-corrected chi connectivity index (χ4v) is 3.79. The molecule has 36 heavy (non-hydrogen) atoms. The number of nitrogens with one attached hydrogen (secondary N) is 2. The van der Waals surface area contributed by atoms with Gasteiger partial charge in [0.05, 0.1) is 0 Å². The van der Waals surface area contributed by atoms with Gasteiger partial charge in [0.25, 0.3) is 0 Å². The van der Waals surface area contributed by atoms with Crippen molar-refractivity contribution in [2.45, 2.75) is 103 Å². The van der Waals surface area contributed by atoms with Crippen molar-refractivity contribution in [2.24, 2.45) is 0 Å². The Morgan fingerprint density at radius 2 is 0.861 bits per heavy atom. The van der Waals surface area contributed by atoms with Crippen molar-refractivity contribution in [3.8, 4) is 0 Å². The van der Waals surface area contributed by atoms with Gasteiger partial charge in [0, 0.05) is 34.9 Å². The van der Waals surface area contributed by atoms with Crippen LogP contribution in [-0.2, 0) is 9.59 Å². The minimum Gasteiger partial charge on any atom is -0.351 e. The zero-order valence-electron chi connectivity index (χ0n) is 21.8. The van der Waals surface area contributed by atoms with Crippen LogP contribution in [0.2, 0.25) is 0 Å². The van der Waals surface area contributed by atoms with Crippen molar-refractivity contribution in [1.29, 1.82) is 0 Å². The van der Waals surface area contributed by atoms with Crippen LogP contribution in [0.4, 0.5) is 0 Å². The summed E-state index contributed by atoms with van der Waals surface area (Å²) < 4.78 is 1.89. The molecule has 0 rings (SSSR count). The highest BCUT2D eigenvalue weighted by Crippen LogP contribution is 2.11. The number of carbonyl (C=O) groups excluding carboxylic acids is 2. The molecule has 0 heterocycles. The first kappa shape index (κ1) is 38.0. The summed E-state index contributed by atoms with van der Waals surface area (Å²) in [5, 5.41) is 5.71. The van der Waals surface area contributed by atoms with E-state index in [9.17, 15) is 9.59 Å². The van der Waals surface area contributed by atoms with E-state index in [1.54, 1.807) is 9.97 Å². The summed E-state index contributed by atoms with van der Waals surface area (Å²) >= 11 is 13.0. The van der Waals surface area contributed by atoms with Crippen LogP contribution < -0.4 is 10.6 Å². The van der Waals surface area contributed by atoms with Gasteiger partial charge in [-0.15, -0.1) is 13.2 Å². The number of unbranched alkanes of at least 4 members (excludes halogenated alkanes) is 12. The van der Waals surface area contributed by atoms with E-state index in [1.165, 1.54) is 51.4 Å². The van der Waals surface area contributed by atoms with Gasteiger partial charge in [-0.25, -0.2) is 0 Å². The standard InChI is InChI=1S/2C14H23Br2NO/c2*1-2-3-4-5-6-7-8-9-10-14(18)17-12-13(16)11-15/h2*2,11H,1,3-10,12H2,(H,17,18)/b2*13-11-. The van der Waals surface area contributed by atoms with Crippen LogP contribution in [0.3, 0.4) is 0 Å². The quantitative estimate of drug-likeness (QED) is 0.0853. The van der Waals surface area contributed by atoms with E-state index in [-0.39, 0.29) is 11.8 Å². The van der Waals surface area contributed by atoms with Crippen LogP contribution in [0.25, 0.3) is 0 Å². The van der Waals surface area contributed by atoms with E-state index in [1.807, 2.05) is 12.2 Å². The summed E-state index contributed by atoms with van der Waals surface area (Å²) in [6.45, 7) is 8.54. The lowest BCUT2D eigenvalue weighted by atomic mass is 10.1. The third kappa shape index (κ3) is 31.8. The minimum absolute atomic E-state index is 0.132. The van der Waals surface area contributed by atoms with Gasteiger partial charge in [-0.05, 0) is 48.5 Å². The third-order valence-corrected chi connectivity index (χ3v) is 8.62. The van der Waals surface area contributed by atoms with Crippen molar-refractivity contribution in [3.63, 3.8) is 0 Å². The summed E-state index contributed by atoms with van der Waals surface area (Å²) in [6, 6.07) is 0. The van der Waals surface area contributed by atoms with Gasteiger partial charge in [-0.1, -0.05) is 127 Å². The van der Waals surface area contributed by atoms with E-state index in [4.69, 9.17) is 0 Å².